The molecule has 0 aromatic heterocycles. The molecule has 1 aliphatic heterocycles. The molecular formula is C14H35N4O6P4S3Zn+3. The van der Waals surface area contributed by atoms with Crippen LogP contribution >= 0.6 is 49.0 Å². The Kier molecular flexibility index (Phi) is 30.1. The Bertz CT molecular complexity index is 599. The summed E-state index contributed by atoms with van der Waals surface area (Å²) in [5.41, 5.74) is 5.12. The third-order valence-corrected chi connectivity index (χ3v) is 6.68. The Morgan fingerprint density at radius 1 is 0.938 bits per heavy atom. The molecular weight excluding hydrogens is 606 g/mol. The van der Waals surface area contributed by atoms with E-state index in [0.29, 0.717) is 0 Å². The van der Waals surface area contributed by atoms with Crippen molar-refractivity contribution in [1.82, 2.24) is 16.0 Å². The van der Waals surface area contributed by atoms with E-state index in [9.17, 15) is 19.2 Å². The molecule has 1 saturated heterocycles. The van der Waals surface area contributed by atoms with Gasteiger partial charge in [-0.3, -0.25) is 19.2 Å². The summed E-state index contributed by atoms with van der Waals surface area (Å²) < 4.78 is 10.3. The minimum atomic E-state index is -2.41. The third kappa shape index (κ3) is 16.5. The number of nitrogens with one attached hydrogen (secondary N) is 3. The van der Waals surface area contributed by atoms with Gasteiger partial charge in [0, 0.05) is 29.3 Å². The summed E-state index contributed by atoms with van der Waals surface area (Å²) in [5, 5.41) is 7.72. The number of hydrogen-bond donors (Lipinski definition) is 4. The third-order valence-electron chi connectivity index (χ3n) is 3.78. The summed E-state index contributed by atoms with van der Waals surface area (Å²) in [5.74, 6) is -2.61. The maximum atomic E-state index is 12.1. The fraction of sp³-hybridized carbons (Fsp3) is 0.714. The number of nitrogens with two attached hydrogens (primary N) is 1. The number of amides is 4. The van der Waals surface area contributed by atoms with Gasteiger partial charge in [-0.05, 0) is 37.0 Å². The van der Waals surface area contributed by atoms with E-state index in [-0.39, 0.29) is 66.8 Å². The van der Waals surface area contributed by atoms with Crippen LogP contribution in [0.25, 0.3) is 0 Å². The van der Waals surface area contributed by atoms with Gasteiger partial charge < -0.3 is 21.7 Å². The molecule has 0 radical (unpaired) electrons. The Labute approximate surface area is 228 Å². The summed E-state index contributed by atoms with van der Waals surface area (Å²) >= 11 is 7.33. The van der Waals surface area contributed by atoms with Gasteiger partial charge in [0.1, 0.15) is 18.2 Å². The monoisotopic (exact) mass is 639 g/mol. The predicted molar refractivity (Wildman–Crippen MR) is 146 cm³/mol. The van der Waals surface area contributed by atoms with Crippen LogP contribution in [-0.2, 0) is 70.4 Å². The summed E-state index contributed by atoms with van der Waals surface area (Å²) in [6.07, 6.45) is 0.278. The van der Waals surface area contributed by atoms with Gasteiger partial charge in [0.15, 0.2) is 5.78 Å². The maximum absolute atomic E-state index is 12.1. The minimum absolute atomic E-state index is 0. The Hall–Kier alpha value is 0.933. The van der Waals surface area contributed by atoms with Crippen LogP contribution in [0, 0.1) is 5.92 Å². The molecule has 0 saturated carbocycles. The van der Waals surface area contributed by atoms with Gasteiger partial charge in [0.25, 0.3) is 0 Å². The molecule has 10 nitrogen and oxygen atoms in total. The Morgan fingerprint density at radius 3 is 1.72 bits per heavy atom. The van der Waals surface area contributed by atoms with Crippen molar-refractivity contribution in [3.05, 3.63) is 0 Å². The molecule has 1 rings (SSSR count). The van der Waals surface area contributed by atoms with E-state index in [4.69, 9.17) is 15.1 Å². The zero-order valence-corrected chi connectivity index (χ0v) is 29.1. The Morgan fingerprint density at radius 2 is 1.38 bits per heavy atom. The van der Waals surface area contributed by atoms with Gasteiger partial charge in [-0.2, -0.15) is 23.4 Å². The number of carbonyl (C=O) groups is 4. The van der Waals surface area contributed by atoms with E-state index >= 15 is 0 Å². The molecule has 4 amide bonds. The zero-order valence-electron chi connectivity index (χ0n) is 18.9. The van der Waals surface area contributed by atoms with E-state index in [2.05, 4.69) is 56.2 Å². The zero-order chi connectivity index (χ0) is 23.4. The number of rotatable bonds is 9. The molecule has 0 bridgehead atoms. The van der Waals surface area contributed by atoms with Crippen LogP contribution < -0.4 is 21.7 Å². The molecule has 0 aliphatic carbocycles. The van der Waals surface area contributed by atoms with Gasteiger partial charge in [-0.15, -0.1) is 17.9 Å². The van der Waals surface area contributed by atoms with Crippen LogP contribution in [0.15, 0.2) is 0 Å². The van der Waals surface area contributed by atoms with E-state index in [0.717, 1.165) is 0 Å². The topological polar surface area (TPSA) is 155 Å². The second kappa shape index (κ2) is 22.4. The quantitative estimate of drug-likeness (QED) is 0.121. The van der Waals surface area contributed by atoms with Crippen molar-refractivity contribution in [2.75, 3.05) is 6.16 Å². The summed E-state index contributed by atoms with van der Waals surface area (Å²) in [4.78, 5) is 46.2. The first kappa shape index (κ1) is 43.0. The molecule has 0 spiro atoms. The van der Waals surface area contributed by atoms with E-state index < -0.39 is 37.4 Å². The van der Waals surface area contributed by atoms with Crippen molar-refractivity contribution in [2.45, 2.75) is 52.5 Å². The van der Waals surface area contributed by atoms with Crippen LogP contribution in [-0.4, -0.2) is 47.7 Å². The van der Waals surface area contributed by atoms with E-state index in [1.807, 2.05) is 0 Å². The molecule has 184 valence electrons. The fourth-order valence-corrected chi connectivity index (χ4v) is 4.37. The Balaban J connectivity index is -0.000000327. The number of carbonyl (C=O) groups excluding carboxylic acids is 4. The summed E-state index contributed by atoms with van der Waals surface area (Å²) in [6.45, 7) is 7.76. The smallest absolute Gasteiger partial charge is 0.368 e. The standard InChI is InChI=1S/C14H25N4O6P.H4P2.H3P.S2.H2S.Zn/c1-7(13(21)17-8(2)12(15)20)6-25(23-24-25)11(5)18-14(22)9(3)16-10(4)19;1-2;;1-2;;/h7-9,11H,6H2,1-5H3,(H4-,15,16,17,18,19,20,21,22);1-2H2;1H3;;1H2;/q;;;;;+2/p+1. The van der Waals surface area contributed by atoms with Crippen molar-refractivity contribution in [3.8, 4) is 0 Å². The summed E-state index contributed by atoms with van der Waals surface area (Å²) in [6, 6.07) is -1.47. The van der Waals surface area contributed by atoms with Crippen LogP contribution in [0.1, 0.15) is 34.6 Å². The summed E-state index contributed by atoms with van der Waals surface area (Å²) in [7, 11) is 2.26. The van der Waals surface area contributed by atoms with Crippen LogP contribution in [0.5, 0.6) is 0 Å². The molecule has 7 unspecified atom stereocenters. The average Bonchev–Trinajstić information content (AvgIpc) is 3.44. The second-order valence-electron chi connectivity index (χ2n) is 6.20. The normalized spacial score (nSPS) is 15.7. The van der Waals surface area contributed by atoms with Gasteiger partial charge >= 0.3 is 27.2 Å². The molecule has 18 heteroatoms. The molecule has 5 N–H and O–H groups in total. The molecule has 7 atom stereocenters. The number of primary amides is 1. The molecule has 0 aromatic rings. The van der Waals surface area contributed by atoms with Gasteiger partial charge in [-0.25, -0.2) is 0 Å². The van der Waals surface area contributed by atoms with Crippen molar-refractivity contribution in [1.29, 1.82) is 0 Å². The molecule has 1 heterocycles. The van der Waals surface area contributed by atoms with Gasteiger partial charge in [0.05, 0.1) is 5.92 Å². The van der Waals surface area contributed by atoms with Crippen molar-refractivity contribution < 1.29 is 48.0 Å². The van der Waals surface area contributed by atoms with Gasteiger partial charge in [-0.1, -0.05) is 0 Å². The first-order valence-corrected chi connectivity index (χ1v) is 14.3. The largest absolute Gasteiger partial charge is 2.00 e. The van der Waals surface area contributed by atoms with E-state index in [1.54, 1.807) is 20.8 Å². The minimum Gasteiger partial charge on any atom is -0.368 e. The SMILES string of the molecule is CC(=O)NC(C)C(=O)NC(C)[P+]1(CC(C)C(=O)NC(C)C(N)=O)OO1.P.PP.S.S=S.[Zn+2]. The molecule has 1 fully saturated rings. The number of hydrogen-bond acceptors (Lipinski definition) is 8. The van der Waals surface area contributed by atoms with Gasteiger partial charge in [0.2, 0.25) is 23.6 Å². The first-order valence-electron chi connectivity index (χ1n) is 8.41. The first-order chi connectivity index (χ1) is 13.5. The van der Waals surface area contributed by atoms with Crippen molar-refractivity contribution in [3.63, 3.8) is 0 Å². The maximum Gasteiger partial charge on any atom is 2.00 e. The van der Waals surface area contributed by atoms with E-state index in [1.165, 1.54) is 13.8 Å². The van der Waals surface area contributed by atoms with Crippen LogP contribution in [0.2, 0.25) is 0 Å². The second-order valence-corrected chi connectivity index (χ2v) is 9.09. The van der Waals surface area contributed by atoms with Crippen LogP contribution in [0.3, 0.4) is 0 Å². The average molecular weight is 641 g/mol. The fourth-order valence-electron chi connectivity index (χ4n) is 2.08. The molecule has 1 aliphatic rings. The van der Waals surface area contributed by atoms with Crippen LogP contribution in [0.4, 0.5) is 0 Å². The van der Waals surface area contributed by atoms with Crippen molar-refractivity contribution in [2.24, 2.45) is 11.7 Å². The van der Waals surface area contributed by atoms with Crippen molar-refractivity contribution >= 4 is 95.0 Å². The molecule has 32 heavy (non-hydrogen) atoms. The molecule has 0 aromatic carbocycles. The predicted octanol–water partition coefficient (Wildman–Crippen LogP) is 0.224.